The number of hydrogen-bond acceptors (Lipinski definition) is 0. The van der Waals surface area contributed by atoms with E-state index >= 15 is 0 Å². The molecule has 0 aliphatic heterocycles. The third-order valence-electron chi connectivity index (χ3n) is 0. The topological polar surface area (TPSA) is 0 Å². The molecule has 0 saturated heterocycles. The molecule has 0 atom stereocenters. The van der Waals surface area contributed by atoms with E-state index in [0.29, 0.717) is 0 Å². The Hall–Kier alpha value is 8.63. The Morgan fingerprint density at radius 2 is 0.286 bits per heavy atom. The Morgan fingerprint density at radius 1 is 0.286 bits per heavy atom. The monoisotopic (exact) mass is 1080 g/mol. The fraction of sp³-hybridized carbons (Fsp3) is 0. The molecule has 0 rings (SSSR count). The molecule has 0 fully saturated rings. The Morgan fingerprint density at radius 3 is 0.286 bits per heavy atom. The zero-order chi connectivity index (χ0) is 0. The van der Waals surface area contributed by atoms with Gasteiger partial charge in [-0.25, -0.2) is 0 Å². The van der Waals surface area contributed by atoms with Crippen molar-refractivity contribution in [3.63, 3.8) is 0 Å². The molecule has 0 spiro atoms. The Kier molecular flexibility index (Phi) is 1250. The van der Waals surface area contributed by atoms with Crippen LogP contribution < -0.4 is 0 Å². The first-order valence-corrected chi connectivity index (χ1v) is 0. The summed E-state index contributed by atoms with van der Waals surface area (Å²) in [5, 5.41) is 0. The summed E-state index contributed by atoms with van der Waals surface area (Å²) in [6.45, 7) is 0. The zero-order valence-corrected chi connectivity index (χ0v) is 22.0. The van der Waals surface area contributed by atoms with Gasteiger partial charge >= 0.3 is 183 Å². The molecule has 0 aliphatic rings. The van der Waals surface area contributed by atoms with Crippen molar-refractivity contribution in [3.05, 3.63) is 0 Å². The van der Waals surface area contributed by atoms with E-state index in [1.807, 2.05) is 0 Å². The maximum atomic E-state index is 0. The van der Waals surface area contributed by atoms with Crippen LogP contribution in [0.2, 0.25) is 0 Å². The van der Waals surface area contributed by atoms with E-state index in [4.69, 9.17) is 0 Å². The van der Waals surface area contributed by atoms with Gasteiger partial charge in [0.2, 0.25) is 0 Å². The number of hydrogen-bond donors (Lipinski definition) is 0. The minimum absolute atomic E-state index is 0. The van der Waals surface area contributed by atoms with Crippen molar-refractivity contribution >= 4 is 274 Å². The van der Waals surface area contributed by atoms with Crippen LogP contribution in [0.15, 0.2) is 0 Å². The summed E-state index contributed by atoms with van der Waals surface area (Å²) in [5.74, 6) is 0. The van der Waals surface area contributed by atoms with Crippen molar-refractivity contribution in [2.24, 2.45) is 0 Å². The first-order valence-electron chi connectivity index (χ1n) is 0. The summed E-state index contributed by atoms with van der Waals surface area (Å²) in [6, 6.07) is 0. The van der Waals surface area contributed by atoms with E-state index in [1.165, 1.54) is 0 Å². The van der Waals surface area contributed by atoms with Crippen LogP contribution in [0.25, 0.3) is 0 Å². The van der Waals surface area contributed by atoms with Crippen LogP contribution in [0.3, 0.4) is 0 Å². The van der Waals surface area contributed by atoms with E-state index in [-0.39, 0.29) is 274 Å². The fourth-order valence-corrected chi connectivity index (χ4v) is 0. The van der Waals surface area contributed by atoms with E-state index in [2.05, 4.69) is 0 Å². The van der Waals surface area contributed by atoms with Gasteiger partial charge in [-0.1, -0.05) is 0 Å². The van der Waals surface area contributed by atoms with Crippen molar-refractivity contribution in [3.8, 4) is 0 Å². The van der Waals surface area contributed by atoms with Crippen molar-refractivity contribution < 1.29 is 0 Å². The molecule has 14 heteroatoms. The predicted octanol–water partition coefficient (Wildman–Crippen LogP) is -7.41. The third-order valence-corrected chi connectivity index (χ3v) is 0. The first kappa shape index (κ1) is 142. The molecule has 0 heterocycles. The molecule has 0 aromatic rings. The van der Waals surface area contributed by atoms with Crippen molar-refractivity contribution in [1.82, 2.24) is 0 Å². The van der Waals surface area contributed by atoms with Gasteiger partial charge in [-0.15, -0.1) is 0 Å². The van der Waals surface area contributed by atoms with Crippen molar-refractivity contribution in [1.29, 1.82) is 0 Å². The van der Waals surface area contributed by atoms with E-state index < -0.39 is 0 Å². The normalized spacial score (nSPS) is 0. The summed E-state index contributed by atoms with van der Waals surface area (Å²) >= 11 is 0. The Balaban J connectivity index is 0. The molecule has 0 amide bonds. The molecule has 0 nitrogen and oxygen atoms in total. The van der Waals surface area contributed by atoms with Gasteiger partial charge in [-0.3, -0.25) is 0 Å². The van der Waals surface area contributed by atoms with E-state index in [9.17, 15) is 0 Å². The fourth-order valence-electron chi connectivity index (χ4n) is 0. The molecule has 0 bridgehead atoms. The average molecular weight is 1080 g/mol. The maximum Gasteiger partial charge on any atom is -2.00 e. The summed E-state index contributed by atoms with van der Waals surface area (Å²) < 4.78 is 0. The molecule has 0 aliphatic carbocycles. The van der Waals surface area contributed by atoms with Crippen molar-refractivity contribution in [2.45, 2.75) is 0 Å². The van der Waals surface area contributed by atoms with Gasteiger partial charge in [0, 0.05) is 0 Å². The summed E-state index contributed by atoms with van der Waals surface area (Å²) in [4.78, 5) is 0. The Labute approximate surface area is 267 Å². The largest absolute Gasteiger partial charge is 2.00 e. The van der Waals surface area contributed by atoms with Gasteiger partial charge in [0.25, 0.3) is 0 Å². The van der Waals surface area contributed by atoms with Gasteiger partial charge in [0.15, 0.2) is 0 Å². The van der Waals surface area contributed by atoms with Crippen molar-refractivity contribution in [2.75, 3.05) is 0 Å². The Bertz CT molecular complexity index is 27.8. The standard InChI is InChI=1S/4Ga.4In.3S.3Se.12H/q4*+3;;;;;6*-2;;;;;;;;;;;;. The summed E-state index contributed by atoms with van der Waals surface area (Å²) in [7, 11) is 0. The van der Waals surface area contributed by atoms with Crippen LogP contribution in [0.1, 0.15) is 0 Å². The minimum atomic E-state index is 0. The van der Waals surface area contributed by atoms with Crippen LogP contribution in [-0.2, 0) is 40.5 Å². The second-order valence-corrected chi connectivity index (χ2v) is 0. The molecular formula is H12Ga4In4S3Se3. The second-order valence-electron chi connectivity index (χ2n) is 0. The molecule has 0 aromatic heterocycles. The molecular weight excluding hydrogens is 1070 g/mol. The van der Waals surface area contributed by atoms with Gasteiger partial charge < -0.3 is 91.7 Å². The minimum Gasteiger partial charge on any atom is -2.00 e. The summed E-state index contributed by atoms with van der Waals surface area (Å²) in [6.07, 6.45) is 0. The van der Waals surface area contributed by atoms with Gasteiger partial charge in [-0.05, 0) is 0 Å². The van der Waals surface area contributed by atoms with E-state index in [1.54, 1.807) is 0 Å². The smallest absolute Gasteiger partial charge is 2.00 e. The summed E-state index contributed by atoms with van der Waals surface area (Å²) in [5.41, 5.74) is 0. The quantitative estimate of drug-likeness (QED) is 0.212. The average Bonchev–Trinajstić information content (AvgIpc) is 0. The second kappa shape index (κ2) is 124. The molecule has 14 heavy (non-hydrogen) atoms. The van der Waals surface area contributed by atoms with Crippen LogP contribution in [-0.4, -0.2) is 234 Å². The molecule has 0 N–H and O–H groups in total. The predicted molar refractivity (Wildman–Crippen MR) is 102 cm³/mol. The van der Waals surface area contributed by atoms with Gasteiger partial charge in [-0.2, -0.15) is 0 Å². The van der Waals surface area contributed by atoms with Gasteiger partial charge in [0.05, 0.1) is 0 Å². The van der Waals surface area contributed by atoms with Crippen LogP contribution in [0.4, 0.5) is 0 Å². The number of rotatable bonds is 0. The third kappa shape index (κ3) is 107. The first-order chi connectivity index (χ1) is 0. The molecule has 72 valence electrons. The van der Waals surface area contributed by atoms with Crippen LogP contribution in [0, 0.1) is 0 Å². The van der Waals surface area contributed by atoms with Crippen LogP contribution in [0.5, 0.6) is 0 Å². The maximum absolute atomic E-state index is 0. The molecule has 0 radical (unpaired) electrons. The SMILES string of the molecule is [Ga+3].[Ga+3].[Ga+3].[Ga+3].[InH3].[InH3].[InH3].[InH3].[S-2].[S-2].[S-2].[Se-2].[Se-2].[Se-2]. The molecule has 0 saturated carbocycles. The van der Waals surface area contributed by atoms with E-state index in [0.717, 1.165) is 0 Å². The zero-order valence-electron chi connectivity index (χ0n) is 4.76. The molecule has 0 unspecified atom stereocenters. The molecule has 0 aromatic carbocycles. The van der Waals surface area contributed by atoms with Crippen LogP contribution >= 0.6 is 0 Å². The van der Waals surface area contributed by atoms with Gasteiger partial charge in [0.1, 0.15) is 0 Å².